The van der Waals surface area contributed by atoms with Crippen LogP contribution in [0.3, 0.4) is 0 Å². The predicted octanol–water partition coefficient (Wildman–Crippen LogP) is 19.9. The summed E-state index contributed by atoms with van der Waals surface area (Å²) < 4.78 is 23.0. The molecule has 9 nitrogen and oxygen atoms in total. The summed E-state index contributed by atoms with van der Waals surface area (Å²) >= 11 is 0. The minimum absolute atomic E-state index is 0.172. The Morgan fingerprint density at radius 2 is 0.600 bits per heavy atom. The first-order chi connectivity index (χ1) is 36.6. The largest absolute Gasteiger partial charge is 0.477 e. The molecule has 0 aromatic rings. The Kier molecular flexibility index (Phi) is 57.1. The minimum atomic E-state index is -1.50. The van der Waals surface area contributed by atoms with E-state index in [0.717, 1.165) is 38.5 Å². The van der Waals surface area contributed by atoms with E-state index < -0.39 is 18.4 Å². The van der Waals surface area contributed by atoms with Gasteiger partial charge >= 0.3 is 17.9 Å². The topological polar surface area (TPSA) is 108 Å². The zero-order valence-electron chi connectivity index (χ0n) is 51.0. The summed E-state index contributed by atoms with van der Waals surface area (Å²) in [5.41, 5.74) is 0. The van der Waals surface area contributed by atoms with E-state index in [1.807, 2.05) is 21.1 Å². The zero-order valence-corrected chi connectivity index (χ0v) is 51.0. The molecule has 0 aromatic carbocycles. The van der Waals surface area contributed by atoms with Crippen LogP contribution in [0.2, 0.25) is 0 Å². The minimum Gasteiger partial charge on any atom is -0.477 e. The molecule has 0 fully saturated rings. The molecule has 2 unspecified atom stereocenters. The van der Waals surface area contributed by atoms with E-state index in [-0.39, 0.29) is 38.2 Å². The van der Waals surface area contributed by atoms with Crippen molar-refractivity contribution in [1.29, 1.82) is 0 Å². The SMILES string of the molecule is CCCCCCCCCCCCCCCCCCCCCCCCCCCCCCCCCCCC(=O)OC(COC(=O)CCCCCCCCCCCCCCCCCCC)COC(OCC[N+](C)(C)C)C(=O)O. The highest BCUT2D eigenvalue weighted by molar-refractivity contribution is 5.71. The van der Waals surface area contributed by atoms with Crippen molar-refractivity contribution in [3.63, 3.8) is 0 Å². The van der Waals surface area contributed by atoms with Gasteiger partial charge in [0, 0.05) is 12.8 Å². The summed E-state index contributed by atoms with van der Waals surface area (Å²) in [4.78, 5) is 37.5. The fraction of sp³-hybridized carbons (Fsp3) is 0.955. The van der Waals surface area contributed by atoms with Gasteiger partial charge in [-0.05, 0) is 12.8 Å². The highest BCUT2D eigenvalue weighted by Gasteiger charge is 2.25. The first-order valence-corrected chi connectivity index (χ1v) is 33.2. The molecule has 0 amide bonds. The molecule has 0 saturated heterocycles. The van der Waals surface area contributed by atoms with Gasteiger partial charge in [-0.2, -0.15) is 0 Å². The maximum atomic E-state index is 12.9. The molecule has 0 aliphatic rings. The number of carbonyl (C=O) groups is 3. The van der Waals surface area contributed by atoms with Gasteiger partial charge in [0.05, 0.1) is 34.4 Å². The lowest BCUT2D eigenvalue weighted by atomic mass is 10.0. The van der Waals surface area contributed by atoms with E-state index in [4.69, 9.17) is 18.9 Å². The second-order valence-corrected chi connectivity index (χ2v) is 24.2. The molecule has 0 saturated carbocycles. The molecule has 2 atom stereocenters. The maximum absolute atomic E-state index is 12.9. The predicted molar refractivity (Wildman–Crippen MR) is 318 cm³/mol. The van der Waals surface area contributed by atoms with E-state index >= 15 is 0 Å². The Morgan fingerprint density at radius 3 is 0.853 bits per heavy atom. The molecule has 446 valence electrons. The first kappa shape index (κ1) is 73.3. The number of carboxylic acid groups (broad SMARTS) is 1. The number of hydrogen-bond donors (Lipinski definition) is 1. The quantitative estimate of drug-likeness (QED) is 0.0278. The highest BCUT2D eigenvalue weighted by atomic mass is 16.7. The molecule has 0 radical (unpaired) electrons. The number of esters is 2. The lowest BCUT2D eigenvalue weighted by Crippen LogP contribution is -2.40. The summed E-state index contributed by atoms with van der Waals surface area (Å²) in [6, 6.07) is 0. The van der Waals surface area contributed by atoms with Gasteiger partial charge < -0.3 is 28.5 Å². The number of rotatable bonds is 63. The summed E-state index contributed by atoms with van der Waals surface area (Å²) in [7, 11) is 5.99. The van der Waals surface area contributed by atoms with Crippen molar-refractivity contribution in [2.24, 2.45) is 0 Å². The molecule has 1 N–H and O–H groups in total. The molecule has 0 aromatic heterocycles. The Balaban J connectivity index is 4.00. The van der Waals surface area contributed by atoms with Crippen LogP contribution in [0.15, 0.2) is 0 Å². The van der Waals surface area contributed by atoms with Crippen LogP contribution in [0.25, 0.3) is 0 Å². The molecule has 0 aliphatic carbocycles. The van der Waals surface area contributed by atoms with Gasteiger partial charge in [-0.25, -0.2) is 4.79 Å². The average molecular weight is 1070 g/mol. The van der Waals surface area contributed by atoms with Crippen LogP contribution in [0.1, 0.15) is 348 Å². The summed E-state index contributed by atoms with van der Waals surface area (Å²) in [6.07, 6.45) is 65.0. The van der Waals surface area contributed by atoms with Crippen molar-refractivity contribution in [2.75, 3.05) is 47.5 Å². The molecular weight excluding hydrogens is 935 g/mol. The molecule has 0 rings (SSSR count). The Bertz CT molecular complexity index is 1190. The number of carboxylic acids is 1. The molecular formula is C66H130NO8+. The van der Waals surface area contributed by atoms with Crippen molar-refractivity contribution >= 4 is 17.9 Å². The lowest BCUT2D eigenvalue weighted by molar-refractivity contribution is -0.870. The Morgan fingerprint density at radius 1 is 0.347 bits per heavy atom. The van der Waals surface area contributed by atoms with E-state index in [9.17, 15) is 19.5 Å². The van der Waals surface area contributed by atoms with Crippen LogP contribution >= 0.6 is 0 Å². The van der Waals surface area contributed by atoms with Crippen molar-refractivity contribution < 1.29 is 42.9 Å². The van der Waals surface area contributed by atoms with Crippen molar-refractivity contribution in [3.05, 3.63) is 0 Å². The van der Waals surface area contributed by atoms with Gasteiger partial charge in [0.2, 0.25) is 0 Å². The zero-order chi connectivity index (χ0) is 54.8. The Hall–Kier alpha value is -1.71. The van der Waals surface area contributed by atoms with Crippen LogP contribution in [0.5, 0.6) is 0 Å². The van der Waals surface area contributed by atoms with Gasteiger partial charge in [0.15, 0.2) is 6.10 Å². The van der Waals surface area contributed by atoms with Crippen molar-refractivity contribution in [3.8, 4) is 0 Å². The average Bonchev–Trinajstić information content (AvgIpc) is 3.38. The van der Waals surface area contributed by atoms with E-state index in [2.05, 4.69) is 13.8 Å². The third-order valence-corrected chi connectivity index (χ3v) is 15.4. The van der Waals surface area contributed by atoms with Gasteiger partial charge in [-0.1, -0.05) is 322 Å². The number of aliphatic carboxylic acids is 1. The maximum Gasteiger partial charge on any atom is 0.361 e. The number of hydrogen-bond acceptors (Lipinski definition) is 7. The lowest BCUT2D eigenvalue weighted by Gasteiger charge is -2.25. The number of carbonyl (C=O) groups excluding carboxylic acids is 2. The van der Waals surface area contributed by atoms with Crippen LogP contribution in [-0.4, -0.2) is 87.4 Å². The van der Waals surface area contributed by atoms with E-state index in [0.29, 0.717) is 17.4 Å². The molecule has 0 bridgehead atoms. The number of nitrogens with zero attached hydrogens (tertiary/aromatic N) is 1. The van der Waals surface area contributed by atoms with E-state index in [1.165, 1.54) is 283 Å². The van der Waals surface area contributed by atoms with Gasteiger partial charge in [-0.3, -0.25) is 9.59 Å². The molecule has 9 heteroatoms. The highest BCUT2D eigenvalue weighted by Crippen LogP contribution is 2.19. The standard InChI is InChI=1S/C66H129NO8/c1-6-8-10-12-14-16-18-20-22-24-25-26-27-28-29-30-31-32-33-34-35-36-37-38-39-41-43-45-47-49-51-53-55-57-64(69)75-62(61-74-66(65(70)71)72-59-58-67(3,4)5)60-73-63(68)56-54-52-50-48-46-44-42-40-23-21-19-17-15-13-11-9-7-2/h62,66H,6-61H2,1-5H3/p+1. The molecule has 75 heavy (non-hydrogen) atoms. The second kappa shape index (κ2) is 58.4. The molecule has 0 heterocycles. The number of unbranched alkanes of at least 4 members (excludes halogenated alkanes) is 48. The van der Waals surface area contributed by atoms with E-state index in [1.54, 1.807) is 0 Å². The van der Waals surface area contributed by atoms with Crippen LogP contribution < -0.4 is 0 Å². The summed E-state index contributed by atoms with van der Waals surface area (Å²) in [5.74, 6) is -1.97. The summed E-state index contributed by atoms with van der Waals surface area (Å²) in [6.45, 7) is 4.96. The fourth-order valence-electron chi connectivity index (χ4n) is 10.3. The van der Waals surface area contributed by atoms with Crippen molar-refractivity contribution in [2.45, 2.75) is 360 Å². The van der Waals surface area contributed by atoms with Crippen LogP contribution in [-0.2, 0) is 33.3 Å². The number of ether oxygens (including phenoxy) is 4. The number of quaternary nitrogens is 1. The first-order valence-electron chi connectivity index (χ1n) is 33.2. The third-order valence-electron chi connectivity index (χ3n) is 15.4. The van der Waals surface area contributed by atoms with Gasteiger partial charge in [-0.15, -0.1) is 0 Å². The van der Waals surface area contributed by atoms with Crippen molar-refractivity contribution in [1.82, 2.24) is 0 Å². The van der Waals surface area contributed by atoms with Gasteiger partial charge in [0.25, 0.3) is 6.29 Å². The smallest absolute Gasteiger partial charge is 0.361 e. The number of likely N-dealkylation sites (N-methyl/N-ethyl adjacent to an activating group) is 1. The summed E-state index contributed by atoms with van der Waals surface area (Å²) in [5, 5.41) is 9.72. The normalized spacial score (nSPS) is 12.6. The van der Waals surface area contributed by atoms with Crippen LogP contribution in [0.4, 0.5) is 0 Å². The molecule has 0 spiro atoms. The van der Waals surface area contributed by atoms with Crippen LogP contribution in [0, 0.1) is 0 Å². The monoisotopic (exact) mass is 1060 g/mol. The van der Waals surface area contributed by atoms with Gasteiger partial charge in [0.1, 0.15) is 13.2 Å². The Labute approximate surface area is 466 Å². The molecule has 0 aliphatic heterocycles. The third kappa shape index (κ3) is 59.8. The fourth-order valence-corrected chi connectivity index (χ4v) is 10.3. The second-order valence-electron chi connectivity index (χ2n) is 24.2.